The maximum Gasteiger partial charge on any atom is 0.337 e. The monoisotopic (exact) mass is 635 g/mol. The number of rotatable bonds is 8. The summed E-state index contributed by atoms with van der Waals surface area (Å²) in [5.41, 5.74) is 8.60. The van der Waals surface area contributed by atoms with Crippen molar-refractivity contribution in [1.29, 1.82) is 0 Å². The smallest absolute Gasteiger partial charge is 0.337 e. The molecule has 1 N–H and O–H groups in total. The van der Waals surface area contributed by atoms with E-state index in [1.165, 1.54) is 5.56 Å². The molecule has 0 saturated heterocycles. The van der Waals surface area contributed by atoms with E-state index in [0.29, 0.717) is 17.1 Å². The molecule has 0 aliphatic rings. The summed E-state index contributed by atoms with van der Waals surface area (Å²) in [6.45, 7) is 10.3. The second-order valence-electron chi connectivity index (χ2n) is 12.2. The summed E-state index contributed by atoms with van der Waals surface area (Å²) in [7, 11) is 0. The second-order valence-corrected chi connectivity index (χ2v) is 13.7. The van der Waals surface area contributed by atoms with E-state index in [1.54, 1.807) is 11.3 Å². The Hall–Kier alpha value is -4.30. The molecule has 6 aromatic rings. The van der Waals surface area contributed by atoms with E-state index in [2.05, 4.69) is 48.6 Å². The molecular formula is C37H34ClN3O3S. The highest BCUT2D eigenvalue weighted by Crippen LogP contribution is 2.45. The molecule has 1 atom stereocenters. The van der Waals surface area contributed by atoms with Crippen LogP contribution in [0.25, 0.3) is 43.0 Å². The van der Waals surface area contributed by atoms with Crippen molar-refractivity contribution in [1.82, 2.24) is 14.8 Å². The summed E-state index contributed by atoms with van der Waals surface area (Å²) in [4.78, 5) is 17.8. The number of thiazole rings is 1. The fourth-order valence-electron chi connectivity index (χ4n) is 5.56. The molecule has 45 heavy (non-hydrogen) atoms. The molecule has 8 heteroatoms. The van der Waals surface area contributed by atoms with Gasteiger partial charge in [-0.15, -0.1) is 11.3 Å². The summed E-state index contributed by atoms with van der Waals surface area (Å²) in [5, 5.41) is 16.5. The SMILES string of the molecule is Cc1ccc(-c2cnn(Cc3ccccc3)c2)cc1-c1nc2cc(C)c([C@H](OC(C)(C)C)C(=O)O)c(-c3ccc(Cl)cc3)c2s1. The summed E-state index contributed by atoms with van der Waals surface area (Å²) >= 11 is 7.82. The molecule has 2 heterocycles. The van der Waals surface area contributed by atoms with E-state index >= 15 is 0 Å². The van der Waals surface area contributed by atoms with Gasteiger partial charge in [-0.25, -0.2) is 9.78 Å². The third kappa shape index (κ3) is 6.57. The number of carboxylic acid groups (broad SMARTS) is 1. The van der Waals surface area contributed by atoms with E-state index in [1.807, 2.05) is 87.1 Å². The highest BCUT2D eigenvalue weighted by Gasteiger charge is 2.32. The van der Waals surface area contributed by atoms with Crippen LogP contribution in [0.15, 0.2) is 91.3 Å². The molecule has 0 bridgehead atoms. The molecule has 228 valence electrons. The maximum absolute atomic E-state index is 12.7. The van der Waals surface area contributed by atoms with Crippen molar-refractivity contribution >= 4 is 39.1 Å². The van der Waals surface area contributed by atoms with E-state index in [9.17, 15) is 9.90 Å². The van der Waals surface area contributed by atoms with Crippen LogP contribution in [0.1, 0.15) is 49.1 Å². The fourth-order valence-corrected chi connectivity index (χ4v) is 6.89. The van der Waals surface area contributed by atoms with Crippen LogP contribution in [0.2, 0.25) is 5.02 Å². The molecule has 0 amide bonds. The van der Waals surface area contributed by atoms with Gasteiger partial charge >= 0.3 is 5.97 Å². The van der Waals surface area contributed by atoms with Crippen LogP contribution in [0.3, 0.4) is 0 Å². The third-order valence-electron chi connectivity index (χ3n) is 7.64. The summed E-state index contributed by atoms with van der Waals surface area (Å²) in [6, 6.07) is 26.1. The number of benzene rings is 4. The van der Waals surface area contributed by atoms with Gasteiger partial charge in [0.05, 0.1) is 28.6 Å². The van der Waals surface area contributed by atoms with Crippen molar-refractivity contribution in [3.63, 3.8) is 0 Å². The minimum Gasteiger partial charge on any atom is -0.479 e. The van der Waals surface area contributed by atoms with Crippen molar-refractivity contribution < 1.29 is 14.6 Å². The lowest BCUT2D eigenvalue weighted by molar-refractivity contribution is -0.160. The number of fused-ring (bicyclic) bond motifs is 1. The first-order chi connectivity index (χ1) is 21.5. The first-order valence-electron chi connectivity index (χ1n) is 14.8. The molecule has 0 fully saturated rings. The van der Waals surface area contributed by atoms with Gasteiger partial charge < -0.3 is 9.84 Å². The molecule has 0 saturated carbocycles. The second kappa shape index (κ2) is 12.2. The van der Waals surface area contributed by atoms with Crippen molar-refractivity contribution in [2.24, 2.45) is 0 Å². The van der Waals surface area contributed by atoms with Gasteiger partial charge in [-0.1, -0.05) is 66.2 Å². The van der Waals surface area contributed by atoms with Crippen molar-refractivity contribution in [2.75, 3.05) is 0 Å². The molecule has 6 rings (SSSR count). The number of halogens is 1. The zero-order valence-electron chi connectivity index (χ0n) is 25.8. The maximum atomic E-state index is 12.7. The number of ether oxygens (including phenoxy) is 1. The summed E-state index contributed by atoms with van der Waals surface area (Å²) < 4.78 is 9.01. The van der Waals surface area contributed by atoms with Gasteiger partial charge in [-0.3, -0.25) is 4.68 Å². The molecule has 0 radical (unpaired) electrons. The minimum absolute atomic E-state index is 0.606. The Kier molecular flexibility index (Phi) is 8.35. The van der Waals surface area contributed by atoms with Crippen LogP contribution in [0.5, 0.6) is 0 Å². The van der Waals surface area contributed by atoms with Crippen molar-refractivity contribution in [2.45, 2.75) is 52.9 Å². The Bertz CT molecular complexity index is 2010. The van der Waals surface area contributed by atoms with Crippen molar-refractivity contribution in [3.8, 4) is 32.8 Å². The predicted octanol–water partition coefficient (Wildman–Crippen LogP) is 9.75. The lowest BCUT2D eigenvalue weighted by atomic mass is 9.91. The number of carboxylic acids is 1. The highest BCUT2D eigenvalue weighted by atomic mass is 35.5. The Labute approximate surface area is 271 Å². The number of carbonyl (C=O) groups is 1. The van der Waals surface area contributed by atoms with Crippen LogP contribution in [0.4, 0.5) is 0 Å². The molecule has 2 aromatic heterocycles. The van der Waals surface area contributed by atoms with Crippen LogP contribution in [0, 0.1) is 13.8 Å². The summed E-state index contributed by atoms with van der Waals surface area (Å²) in [5.74, 6) is -1.04. The molecular weight excluding hydrogens is 602 g/mol. The summed E-state index contributed by atoms with van der Waals surface area (Å²) in [6.07, 6.45) is 2.80. The van der Waals surface area contributed by atoms with Gasteiger partial charge in [0.25, 0.3) is 0 Å². The Morgan fingerprint density at radius 2 is 1.67 bits per heavy atom. The van der Waals surface area contributed by atoms with E-state index in [-0.39, 0.29) is 0 Å². The van der Waals surface area contributed by atoms with Crippen LogP contribution >= 0.6 is 22.9 Å². The minimum atomic E-state index is -1.16. The van der Waals surface area contributed by atoms with Gasteiger partial charge in [0.15, 0.2) is 6.10 Å². The Morgan fingerprint density at radius 3 is 2.36 bits per heavy atom. The number of hydrogen-bond donors (Lipinski definition) is 1. The molecule has 0 aliphatic carbocycles. The lowest BCUT2D eigenvalue weighted by Gasteiger charge is -2.28. The largest absolute Gasteiger partial charge is 0.479 e. The van der Waals surface area contributed by atoms with E-state index < -0.39 is 17.7 Å². The topological polar surface area (TPSA) is 77.2 Å². The Morgan fingerprint density at radius 1 is 0.956 bits per heavy atom. The average molecular weight is 636 g/mol. The molecule has 0 aliphatic heterocycles. The van der Waals surface area contributed by atoms with Gasteiger partial charge in [0.1, 0.15) is 5.01 Å². The normalized spacial score (nSPS) is 12.5. The Balaban J connectivity index is 1.48. The van der Waals surface area contributed by atoms with Crippen LogP contribution in [-0.2, 0) is 16.1 Å². The number of aliphatic carboxylic acids is 1. The molecule has 0 spiro atoms. The molecule has 4 aromatic carbocycles. The van der Waals surface area contributed by atoms with Gasteiger partial charge in [-0.2, -0.15) is 5.10 Å². The number of aryl methyl sites for hydroxylation is 2. The standard InChI is InChI=1S/C37H34ClN3O3S/c1-22-11-12-26(27-19-39-41(21-27)20-24-9-7-6-8-10-24)18-29(22)35-40-30-17-23(2)31(33(36(42)43)44-37(3,4)5)32(34(30)45-35)25-13-15-28(38)16-14-25/h6-19,21,33H,20H2,1-5H3,(H,42,43)/t33-/m0/s1. The van der Waals surface area contributed by atoms with Crippen molar-refractivity contribution in [3.05, 3.63) is 119 Å². The lowest BCUT2D eigenvalue weighted by Crippen LogP contribution is -2.28. The third-order valence-corrected chi connectivity index (χ3v) is 9.01. The number of hydrogen-bond acceptors (Lipinski definition) is 5. The van der Waals surface area contributed by atoms with Gasteiger partial charge in [0.2, 0.25) is 0 Å². The zero-order chi connectivity index (χ0) is 31.9. The first kappa shape index (κ1) is 30.7. The quantitative estimate of drug-likeness (QED) is 0.180. The van der Waals surface area contributed by atoms with E-state index in [4.69, 9.17) is 21.3 Å². The predicted molar refractivity (Wildman–Crippen MR) is 183 cm³/mol. The first-order valence-corrected chi connectivity index (χ1v) is 15.9. The van der Waals surface area contributed by atoms with Crippen LogP contribution in [-0.4, -0.2) is 31.4 Å². The number of aromatic nitrogens is 3. The van der Waals surface area contributed by atoms with E-state index in [0.717, 1.165) is 54.2 Å². The molecule has 0 unspecified atom stereocenters. The van der Waals surface area contributed by atoms with Gasteiger partial charge in [-0.05, 0) is 86.7 Å². The fraction of sp³-hybridized carbons (Fsp3) is 0.216. The average Bonchev–Trinajstić information content (AvgIpc) is 3.63. The number of nitrogens with zero attached hydrogens (tertiary/aromatic N) is 3. The van der Waals surface area contributed by atoms with Gasteiger partial charge in [0, 0.05) is 33.5 Å². The highest BCUT2D eigenvalue weighted by molar-refractivity contribution is 7.22. The molecule has 6 nitrogen and oxygen atoms in total. The van der Waals surface area contributed by atoms with Crippen LogP contribution < -0.4 is 0 Å². The zero-order valence-corrected chi connectivity index (χ0v) is 27.4.